The Morgan fingerprint density at radius 1 is 1.00 bits per heavy atom. The smallest absolute Gasteiger partial charge is 0.323 e. The minimum absolute atomic E-state index is 0.0646. The number of nitrogens with one attached hydrogen (secondary N) is 3. The fourth-order valence-electron chi connectivity index (χ4n) is 3.07. The Morgan fingerprint density at radius 2 is 1.71 bits per heavy atom. The van der Waals surface area contributed by atoms with E-state index in [-0.39, 0.29) is 44.2 Å². The van der Waals surface area contributed by atoms with Gasteiger partial charge in [0.25, 0.3) is 0 Å². The third-order valence-corrected chi connectivity index (χ3v) is 5.02. The number of urea groups is 1. The van der Waals surface area contributed by atoms with E-state index in [1.54, 1.807) is 24.3 Å². The molecule has 0 saturated heterocycles. The van der Waals surface area contributed by atoms with Crippen LogP contribution in [0.1, 0.15) is 24.0 Å². The highest BCUT2D eigenvalue weighted by Gasteiger charge is 2.13. The monoisotopic (exact) mass is 470 g/mol. The predicted octanol–water partition coefficient (Wildman–Crippen LogP) is 2.63. The predicted molar refractivity (Wildman–Crippen MR) is 128 cm³/mol. The van der Waals surface area contributed by atoms with Gasteiger partial charge in [0, 0.05) is 32.2 Å². The number of carbonyl (C=O) groups excluding carboxylic acids is 3. The van der Waals surface area contributed by atoms with Gasteiger partial charge in [0.15, 0.2) is 0 Å². The Morgan fingerprint density at radius 3 is 2.38 bits per heavy atom. The maximum atomic E-state index is 12.4. The largest absolute Gasteiger partial charge is 0.495 e. The maximum absolute atomic E-state index is 12.4. The lowest BCUT2D eigenvalue weighted by Gasteiger charge is -2.16. The molecule has 0 aliphatic heterocycles. The number of nitrogens with zero attached hydrogens (tertiary/aromatic N) is 1. The van der Waals surface area contributed by atoms with Crippen LogP contribution in [-0.4, -0.2) is 61.1 Å². The Kier molecular flexibility index (Phi) is 9.88. The zero-order valence-electron chi connectivity index (χ0n) is 19.5. The summed E-state index contributed by atoms with van der Waals surface area (Å²) in [6, 6.07) is 12.0. The average molecular weight is 471 g/mol. The number of rotatable bonds is 11. The zero-order valence-corrected chi connectivity index (χ0v) is 19.5. The van der Waals surface area contributed by atoms with Gasteiger partial charge in [0.1, 0.15) is 5.75 Å². The second kappa shape index (κ2) is 12.8. The zero-order chi connectivity index (χ0) is 25.1. The van der Waals surface area contributed by atoms with Crippen LogP contribution in [0.3, 0.4) is 0 Å². The SMILES string of the molecule is COc1cc(CC(=O)NCCC(=O)N(C)CCC(=O)O)ccc1NC(=O)Nc1ccccc1C. The second-order valence-electron chi connectivity index (χ2n) is 7.66. The first-order valence-corrected chi connectivity index (χ1v) is 10.7. The van der Waals surface area contributed by atoms with Crippen LogP contribution in [0.15, 0.2) is 42.5 Å². The van der Waals surface area contributed by atoms with Crippen molar-refractivity contribution >= 4 is 35.2 Å². The van der Waals surface area contributed by atoms with Crippen LogP contribution < -0.4 is 20.7 Å². The Labute approximate surface area is 198 Å². The van der Waals surface area contributed by atoms with Crippen molar-refractivity contribution in [2.24, 2.45) is 0 Å². The van der Waals surface area contributed by atoms with E-state index in [1.165, 1.54) is 19.1 Å². The van der Waals surface area contributed by atoms with Crippen LogP contribution in [0.25, 0.3) is 0 Å². The molecule has 4 amide bonds. The van der Waals surface area contributed by atoms with Crippen LogP contribution in [0.4, 0.5) is 16.2 Å². The highest BCUT2D eigenvalue weighted by molar-refractivity contribution is 6.01. The first-order valence-electron chi connectivity index (χ1n) is 10.7. The first-order chi connectivity index (χ1) is 16.2. The molecule has 0 aliphatic rings. The van der Waals surface area contributed by atoms with Crippen molar-refractivity contribution in [1.29, 1.82) is 0 Å². The molecule has 0 bridgehead atoms. The van der Waals surface area contributed by atoms with Crippen LogP contribution in [-0.2, 0) is 20.8 Å². The summed E-state index contributed by atoms with van der Waals surface area (Å²) < 4.78 is 5.35. The fourth-order valence-corrected chi connectivity index (χ4v) is 3.07. The summed E-state index contributed by atoms with van der Waals surface area (Å²) in [6.45, 7) is 2.15. The summed E-state index contributed by atoms with van der Waals surface area (Å²) in [4.78, 5) is 48.5. The number of para-hydroxylation sites is 1. The summed E-state index contributed by atoms with van der Waals surface area (Å²) in [5.41, 5.74) is 2.75. The Hall–Kier alpha value is -4.08. The van der Waals surface area contributed by atoms with E-state index >= 15 is 0 Å². The molecule has 0 unspecified atom stereocenters. The molecule has 0 aromatic heterocycles. The molecule has 0 heterocycles. The first kappa shape index (κ1) is 26.2. The van der Waals surface area contributed by atoms with Crippen LogP contribution in [0, 0.1) is 6.92 Å². The van der Waals surface area contributed by atoms with Gasteiger partial charge in [-0.2, -0.15) is 0 Å². The van der Waals surface area contributed by atoms with E-state index in [1.807, 2.05) is 25.1 Å². The molecule has 0 spiro atoms. The number of amides is 4. The summed E-state index contributed by atoms with van der Waals surface area (Å²) >= 11 is 0. The molecule has 34 heavy (non-hydrogen) atoms. The maximum Gasteiger partial charge on any atom is 0.323 e. The Bertz CT molecular complexity index is 1040. The highest BCUT2D eigenvalue weighted by atomic mass is 16.5. The number of benzene rings is 2. The van der Waals surface area contributed by atoms with Crippen molar-refractivity contribution in [1.82, 2.24) is 10.2 Å². The minimum atomic E-state index is -0.975. The van der Waals surface area contributed by atoms with Crippen molar-refractivity contribution in [2.75, 3.05) is 37.9 Å². The molecule has 2 aromatic rings. The molecule has 10 heteroatoms. The van der Waals surface area contributed by atoms with Crippen molar-refractivity contribution < 1.29 is 29.0 Å². The van der Waals surface area contributed by atoms with E-state index < -0.39 is 12.0 Å². The van der Waals surface area contributed by atoms with Gasteiger partial charge in [-0.3, -0.25) is 14.4 Å². The molecular formula is C24H30N4O6. The number of anilines is 2. The van der Waals surface area contributed by atoms with Crippen LogP contribution in [0.5, 0.6) is 5.75 Å². The lowest BCUT2D eigenvalue weighted by molar-refractivity contribution is -0.138. The number of hydrogen-bond acceptors (Lipinski definition) is 5. The van der Waals surface area contributed by atoms with Crippen molar-refractivity contribution in [3.05, 3.63) is 53.6 Å². The second-order valence-corrected chi connectivity index (χ2v) is 7.66. The summed E-state index contributed by atoms with van der Waals surface area (Å²) in [5.74, 6) is -1.10. The molecular weight excluding hydrogens is 440 g/mol. The van der Waals surface area contributed by atoms with Crippen molar-refractivity contribution in [3.8, 4) is 5.75 Å². The molecule has 0 saturated carbocycles. The van der Waals surface area contributed by atoms with E-state index in [2.05, 4.69) is 16.0 Å². The minimum Gasteiger partial charge on any atom is -0.495 e. The van der Waals surface area contributed by atoms with Gasteiger partial charge in [0.2, 0.25) is 11.8 Å². The molecule has 182 valence electrons. The van der Waals surface area contributed by atoms with Crippen LogP contribution in [0.2, 0.25) is 0 Å². The number of carboxylic acid groups (broad SMARTS) is 1. The molecule has 0 radical (unpaired) electrons. The molecule has 2 aromatic carbocycles. The van der Waals surface area contributed by atoms with Gasteiger partial charge in [-0.25, -0.2) is 4.79 Å². The summed E-state index contributed by atoms with van der Waals surface area (Å²) in [6.07, 6.45) is 0.00791. The van der Waals surface area contributed by atoms with E-state index in [4.69, 9.17) is 9.84 Å². The number of hydrogen-bond donors (Lipinski definition) is 4. The number of aryl methyl sites for hydroxylation is 1. The quantitative estimate of drug-likeness (QED) is 0.398. The summed E-state index contributed by atoms with van der Waals surface area (Å²) in [5, 5.41) is 16.9. The topological polar surface area (TPSA) is 137 Å². The van der Waals surface area contributed by atoms with Crippen molar-refractivity contribution in [3.63, 3.8) is 0 Å². The van der Waals surface area contributed by atoms with Crippen LogP contribution >= 0.6 is 0 Å². The fraction of sp³-hybridized carbons (Fsp3) is 0.333. The normalized spacial score (nSPS) is 10.2. The Balaban J connectivity index is 1.85. The molecule has 0 atom stereocenters. The average Bonchev–Trinajstić information content (AvgIpc) is 2.79. The van der Waals surface area contributed by atoms with E-state index in [0.29, 0.717) is 22.7 Å². The lowest BCUT2D eigenvalue weighted by Crippen LogP contribution is -2.33. The van der Waals surface area contributed by atoms with Gasteiger partial charge in [-0.1, -0.05) is 24.3 Å². The van der Waals surface area contributed by atoms with Crippen molar-refractivity contribution in [2.45, 2.75) is 26.2 Å². The molecule has 10 nitrogen and oxygen atoms in total. The molecule has 2 rings (SSSR count). The van der Waals surface area contributed by atoms with Gasteiger partial charge in [-0.05, 0) is 36.2 Å². The number of carbonyl (C=O) groups is 4. The van der Waals surface area contributed by atoms with Gasteiger partial charge in [0.05, 0.1) is 25.6 Å². The number of ether oxygens (including phenoxy) is 1. The lowest BCUT2D eigenvalue weighted by atomic mass is 10.1. The third-order valence-electron chi connectivity index (χ3n) is 5.02. The third kappa shape index (κ3) is 8.45. The van der Waals surface area contributed by atoms with Gasteiger partial charge >= 0.3 is 12.0 Å². The number of methoxy groups -OCH3 is 1. The van der Waals surface area contributed by atoms with Gasteiger partial charge < -0.3 is 30.7 Å². The van der Waals surface area contributed by atoms with E-state index in [0.717, 1.165) is 5.56 Å². The molecule has 0 fully saturated rings. The standard InChI is InChI=1S/C24H30N4O6/c1-16-6-4-5-7-18(16)26-24(33)27-19-9-8-17(14-20(19)34-3)15-21(29)25-12-10-22(30)28(2)13-11-23(31)32/h4-9,14H,10-13,15H2,1-3H3,(H,25,29)(H,31,32)(H2,26,27,33). The number of carboxylic acids is 1. The highest BCUT2D eigenvalue weighted by Crippen LogP contribution is 2.26. The molecule has 0 aliphatic carbocycles. The van der Waals surface area contributed by atoms with Gasteiger partial charge in [-0.15, -0.1) is 0 Å². The van der Waals surface area contributed by atoms with E-state index in [9.17, 15) is 19.2 Å². The molecule has 4 N–H and O–H groups in total. The summed E-state index contributed by atoms with van der Waals surface area (Å²) in [7, 11) is 2.99. The number of aliphatic carboxylic acids is 1.